The second-order valence-corrected chi connectivity index (χ2v) is 6.67. The minimum absolute atomic E-state index is 0.00268. The van der Waals surface area contributed by atoms with Gasteiger partial charge in [-0.1, -0.05) is 36.4 Å². The molecule has 1 aromatic carbocycles. The lowest BCUT2D eigenvalue weighted by Crippen LogP contribution is -2.33. The van der Waals surface area contributed by atoms with Crippen LogP contribution < -0.4 is 16.4 Å². The Morgan fingerprint density at radius 2 is 1.89 bits per heavy atom. The third kappa shape index (κ3) is 2.87. The zero-order valence-corrected chi connectivity index (χ0v) is 15.6. The normalized spacial score (nSPS) is 11.1. The monoisotopic (exact) mass is 373 g/mol. The maximum absolute atomic E-state index is 13.0. The number of amides is 1. The van der Waals surface area contributed by atoms with Gasteiger partial charge in [0.15, 0.2) is 0 Å². The Morgan fingerprint density at radius 1 is 1.14 bits per heavy atom. The largest absolute Gasteiger partial charge is 0.348 e. The molecule has 1 amide bonds. The molecule has 0 aliphatic heterocycles. The average molecular weight is 373 g/mol. The third-order valence-electron chi connectivity index (χ3n) is 4.80. The summed E-state index contributed by atoms with van der Waals surface area (Å²) in [5.41, 5.74) is 2.60. The van der Waals surface area contributed by atoms with E-state index in [-0.39, 0.29) is 16.6 Å². The number of fused-ring (bicyclic) bond motifs is 2. The first-order valence-electron chi connectivity index (χ1n) is 8.86. The Kier molecular flexibility index (Phi) is 4.27. The fraction of sp³-hybridized carbons (Fsp3) is 0.143. The van der Waals surface area contributed by atoms with E-state index in [0.29, 0.717) is 23.2 Å². The Balaban J connectivity index is 1.84. The number of carbonyl (C=O) groups excluding carboxylic acids is 1. The maximum Gasteiger partial charge on any atom is 0.267 e. The Bertz CT molecular complexity index is 1340. The highest BCUT2D eigenvalue weighted by Gasteiger charge is 2.16. The summed E-state index contributed by atoms with van der Waals surface area (Å²) in [5.74, 6) is -0.403. The summed E-state index contributed by atoms with van der Waals surface area (Å²) in [6, 6.07) is 14.6. The molecule has 140 valence electrons. The van der Waals surface area contributed by atoms with E-state index < -0.39 is 5.91 Å². The van der Waals surface area contributed by atoms with E-state index >= 15 is 0 Å². The minimum Gasteiger partial charge on any atom is -0.348 e. The number of benzene rings is 1. The van der Waals surface area contributed by atoms with Gasteiger partial charge in [-0.25, -0.2) is 4.98 Å². The van der Waals surface area contributed by atoms with Gasteiger partial charge in [0, 0.05) is 19.8 Å². The number of pyridine rings is 2. The molecule has 28 heavy (non-hydrogen) atoms. The topological polar surface area (TPSA) is 92.3 Å². The van der Waals surface area contributed by atoms with Crippen molar-refractivity contribution >= 4 is 22.6 Å². The van der Waals surface area contributed by atoms with Crippen molar-refractivity contribution in [3.63, 3.8) is 0 Å². The SMILES string of the molecule is Cc1cccn2c(=O)c3cc(C(=O)NCc4ccccc4)c(=N)n(C)c3nc12. The van der Waals surface area contributed by atoms with E-state index in [2.05, 4.69) is 10.3 Å². The van der Waals surface area contributed by atoms with Gasteiger partial charge >= 0.3 is 0 Å². The van der Waals surface area contributed by atoms with Crippen LogP contribution in [-0.2, 0) is 13.6 Å². The molecule has 0 spiro atoms. The van der Waals surface area contributed by atoms with Crippen LogP contribution in [0.5, 0.6) is 0 Å². The number of nitrogens with one attached hydrogen (secondary N) is 2. The van der Waals surface area contributed by atoms with Gasteiger partial charge in [0.2, 0.25) is 0 Å². The molecule has 0 bridgehead atoms. The van der Waals surface area contributed by atoms with Crippen LogP contribution in [0.25, 0.3) is 16.7 Å². The number of aryl methyl sites for hydroxylation is 2. The van der Waals surface area contributed by atoms with E-state index in [1.165, 1.54) is 15.0 Å². The van der Waals surface area contributed by atoms with Gasteiger partial charge in [0.25, 0.3) is 11.5 Å². The van der Waals surface area contributed by atoms with E-state index in [4.69, 9.17) is 5.41 Å². The van der Waals surface area contributed by atoms with Crippen LogP contribution in [0.15, 0.2) is 59.5 Å². The molecule has 0 saturated carbocycles. The Hall–Kier alpha value is -3.74. The standard InChI is InChI=1S/C21H19N5O2/c1-13-7-6-10-26-18(13)24-19-16(21(26)28)11-15(17(22)25(19)2)20(27)23-12-14-8-4-3-5-9-14/h3-11,22H,12H2,1-2H3,(H,23,27). The molecule has 2 N–H and O–H groups in total. The molecule has 3 aromatic heterocycles. The molecular formula is C21H19N5O2. The van der Waals surface area contributed by atoms with E-state index in [0.717, 1.165) is 11.1 Å². The molecule has 7 heteroatoms. The number of hydrogen-bond donors (Lipinski definition) is 2. The van der Waals surface area contributed by atoms with Crippen LogP contribution in [0.1, 0.15) is 21.5 Å². The highest BCUT2D eigenvalue weighted by molar-refractivity contribution is 5.96. The van der Waals surface area contributed by atoms with Crippen molar-refractivity contribution in [2.24, 2.45) is 7.05 Å². The van der Waals surface area contributed by atoms with Gasteiger partial charge in [-0.15, -0.1) is 0 Å². The fourth-order valence-corrected chi connectivity index (χ4v) is 3.23. The zero-order chi connectivity index (χ0) is 19.8. The van der Waals surface area contributed by atoms with Gasteiger partial charge in [-0.2, -0.15) is 0 Å². The lowest BCUT2D eigenvalue weighted by atomic mass is 10.1. The number of nitrogens with zero attached hydrogens (tertiary/aromatic N) is 3. The summed E-state index contributed by atoms with van der Waals surface area (Å²) in [4.78, 5) is 30.2. The average Bonchev–Trinajstić information content (AvgIpc) is 2.71. The molecule has 7 nitrogen and oxygen atoms in total. The lowest BCUT2D eigenvalue weighted by Gasteiger charge is -2.12. The van der Waals surface area contributed by atoms with Crippen molar-refractivity contribution in [3.8, 4) is 0 Å². The van der Waals surface area contributed by atoms with Crippen molar-refractivity contribution in [1.29, 1.82) is 5.41 Å². The highest BCUT2D eigenvalue weighted by Crippen LogP contribution is 2.12. The molecule has 0 radical (unpaired) electrons. The van der Waals surface area contributed by atoms with Crippen LogP contribution in [0.3, 0.4) is 0 Å². The minimum atomic E-state index is -0.403. The molecule has 0 fully saturated rings. The van der Waals surface area contributed by atoms with E-state index in [9.17, 15) is 9.59 Å². The van der Waals surface area contributed by atoms with Crippen LogP contribution in [0.4, 0.5) is 0 Å². The maximum atomic E-state index is 13.0. The predicted octanol–water partition coefficient (Wildman–Crippen LogP) is 1.90. The molecule has 0 atom stereocenters. The van der Waals surface area contributed by atoms with Gasteiger partial charge in [0.05, 0.1) is 10.9 Å². The molecule has 0 aliphatic carbocycles. The van der Waals surface area contributed by atoms with Crippen molar-refractivity contribution < 1.29 is 4.79 Å². The first kappa shape index (κ1) is 17.7. The van der Waals surface area contributed by atoms with Crippen molar-refractivity contribution in [1.82, 2.24) is 19.3 Å². The van der Waals surface area contributed by atoms with E-state index in [1.807, 2.05) is 43.3 Å². The van der Waals surface area contributed by atoms with Crippen LogP contribution in [0, 0.1) is 12.3 Å². The summed E-state index contributed by atoms with van der Waals surface area (Å²) in [5, 5.41) is 11.5. The second-order valence-electron chi connectivity index (χ2n) is 6.67. The quantitative estimate of drug-likeness (QED) is 0.537. The number of rotatable bonds is 3. The van der Waals surface area contributed by atoms with Gasteiger partial charge < -0.3 is 9.88 Å². The van der Waals surface area contributed by atoms with Crippen molar-refractivity contribution in [3.05, 3.63) is 87.3 Å². The molecule has 0 saturated heterocycles. The van der Waals surface area contributed by atoms with Crippen molar-refractivity contribution in [2.75, 3.05) is 0 Å². The smallest absolute Gasteiger partial charge is 0.267 e. The number of aromatic nitrogens is 3. The predicted molar refractivity (Wildman–Crippen MR) is 106 cm³/mol. The van der Waals surface area contributed by atoms with Crippen molar-refractivity contribution in [2.45, 2.75) is 13.5 Å². The lowest BCUT2D eigenvalue weighted by molar-refractivity contribution is 0.0948. The molecular weight excluding hydrogens is 354 g/mol. The Labute approximate surface area is 160 Å². The van der Waals surface area contributed by atoms with Gasteiger partial charge in [-0.3, -0.25) is 19.4 Å². The van der Waals surface area contributed by atoms with Gasteiger partial charge in [-0.05, 0) is 30.2 Å². The molecule has 4 rings (SSSR count). The molecule has 0 unspecified atom stereocenters. The van der Waals surface area contributed by atoms with Gasteiger partial charge in [0.1, 0.15) is 16.8 Å². The number of hydrogen-bond acceptors (Lipinski definition) is 4. The second kappa shape index (κ2) is 6.77. The highest BCUT2D eigenvalue weighted by atomic mass is 16.1. The third-order valence-corrected chi connectivity index (χ3v) is 4.80. The Morgan fingerprint density at radius 3 is 2.64 bits per heavy atom. The fourth-order valence-electron chi connectivity index (χ4n) is 3.23. The number of carbonyl (C=O) groups is 1. The molecule has 3 heterocycles. The first-order chi connectivity index (χ1) is 13.5. The van der Waals surface area contributed by atoms with Crippen LogP contribution in [-0.4, -0.2) is 19.9 Å². The zero-order valence-electron chi connectivity index (χ0n) is 15.6. The van der Waals surface area contributed by atoms with E-state index in [1.54, 1.807) is 19.3 Å². The van der Waals surface area contributed by atoms with Crippen LogP contribution >= 0.6 is 0 Å². The summed E-state index contributed by atoms with van der Waals surface area (Å²) in [6.45, 7) is 2.22. The summed E-state index contributed by atoms with van der Waals surface area (Å²) < 4.78 is 2.94. The summed E-state index contributed by atoms with van der Waals surface area (Å²) in [6.07, 6.45) is 1.65. The summed E-state index contributed by atoms with van der Waals surface area (Å²) >= 11 is 0. The molecule has 0 aliphatic rings. The first-order valence-corrected chi connectivity index (χ1v) is 8.86. The van der Waals surface area contributed by atoms with Crippen LogP contribution in [0.2, 0.25) is 0 Å². The molecule has 4 aromatic rings. The summed E-state index contributed by atoms with van der Waals surface area (Å²) in [7, 11) is 1.64.